The minimum atomic E-state index is 0.241. The maximum absolute atomic E-state index is 5.93. The highest BCUT2D eigenvalue weighted by Crippen LogP contribution is 2.19. The lowest BCUT2D eigenvalue weighted by atomic mass is 10.2. The van der Waals surface area contributed by atoms with E-state index in [0.29, 0.717) is 28.6 Å². The Balaban J connectivity index is 1.99. The van der Waals surface area contributed by atoms with E-state index < -0.39 is 0 Å². The van der Waals surface area contributed by atoms with Crippen LogP contribution in [0.3, 0.4) is 0 Å². The third-order valence-electron chi connectivity index (χ3n) is 2.63. The van der Waals surface area contributed by atoms with Gasteiger partial charge in [0.15, 0.2) is 5.96 Å². The largest absolute Gasteiger partial charge is 0.370 e. The maximum atomic E-state index is 5.93. The first-order chi connectivity index (χ1) is 10.0. The summed E-state index contributed by atoms with van der Waals surface area (Å²) in [5.41, 5.74) is 6.54. The van der Waals surface area contributed by atoms with Crippen LogP contribution in [0.4, 0.5) is 0 Å². The van der Waals surface area contributed by atoms with E-state index >= 15 is 0 Å². The van der Waals surface area contributed by atoms with Gasteiger partial charge in [0.2, 0.25) is 11.7 Å². The van der Waals surface area contributed by atoms with Crippen LogP contribution in [0.5, 0.6) is 0 Å². The molecular formula is C14H18ClN5O. The molecule has 0 aliphatic heterocycles. The van der Waals surface area contributed by atoms with Gasteiger partial charge in [0.25, 0.3) is 0 Å². The van der Waals surface area contributed by atoms with Gasteiger partial charge in [0, 0.05) is 17.1 Å². The molecular weight excluding hydrogens is 290 g/mol. The SMILES string of the molecule is CC(C)CNC(N)=NCc1nc(-c2cccc(Cl)c2)no1. The van der Waals surface area contributed by atoms with Gasteiger partial charge in [0.1, 0.15) is 6.54 Å². The monoisotopic (exact) mass is 307 g/mol. The normalized spacial score (nSPS) is 11.9. The average Bonchev–Trinajstić information content (AvgIpc) is 2.92. The van der Waals surface area contributed by atoms with E-state index in [2.05, 4.69) is 34.3 Å². The number of halogens is 1. The minimum Gasteiger partial charge on any atom is -0.370 e. The van der Waals surface area contributed by atoms with Gasteiger partial charge in [0.05, 0.1) is 0 Å². The predicted molar refractivity (Wildman–Crippen MR) is 82.9 cm³/mol. The molecule has 0 aliphatic carbocycles. The number of hydrogen-bond donors (Lipinski definition) is 2. The summed E-state index contributed by atoms with van der Waals surface area (Å²) in [5, 5.41) is 7.55. The Bertz CT molecular complexity index is 623. The van der Waals surface area contributed by atoms with Crippen molar-refractivity contribution in [1.29, 1.82) is 0 Å². The summed E-state index contributed by atoms with van der Waals surface area (Å²) in [6.07, 6.45) is 0. The molecule has 7 heteroatoms. The summed E-state index contributed by atoms with van der Waals surface area (Å²) in [4.78, 5) is 8.41. The van der Waals surface area contributed by atoms with E-state index in [1.54, 1.807) is 12.1 Å². The third kappa shape index (κ3) is 4.75. The van der Waals surface area contributed by atoms with Crippen LogP contribution in [0.15, 0.2) is 33.8 Å². The van der Waals surface area contributed by atoms with Crippen LogP contribution in [0, 0.1) is 5.92 Å². The highest BCUT2D eigenvalue weighted by atomic mass is 35.5. The van der Waals surface area contributed by atoms with Crippen LogP contribution in [0.25, 0.3) is 11.4 Å². The van der Waals surface area contributed by atoms with Gasteiger partial charge in [-0.15, -0.1) is 0 Å². The van der Waals surface area contributed by atoms with E-state index in [1.807, 2.05) is 12.1 Å². The Labute approximate surface area is 128 Å². The Hall–Kier alpha value is -2.08. The lowest BCUT2D eigenvalue weighted by Crippen LogP contribution is -2.34. The molecule has 0 radical (unpaired) electrons. The Morgan fingerprint density at radius 1 is 1.48 bits per heavy atom. The van der Waals surface area contributed by atoms with Gasteiger partial charge in [-0.1, -0.05) is 42.7 Å². The van der Waals surface area contributed by atoms with Crippen LogP contribution >= 0.6 is 11.6 Å². The van der Waals surface area contributed by atoms with Crippen LogP contribution in [0.1, 0.15) is 19.7 Å². The average molecular weight is 308 g/mol. The maximum Gasteiger partial charge on any atom is 0.248 e. The number of guanidine groups is 1. The highest BCUT2D eigenvalue weighted by Gasteiger charge is 2.08. The quantitative estimate of drug-likeness (QED) is 0.654. The number of aliphatic imine (C=N–C) groups is 1. The van der Waals surface area contributed by atoms with Crippen molar-refractivity contribution in [2.24, 2.45) is 16.6 Å². The molecule has 6 nitrogen and oxygen atoms in total. The van der Waals surface area contributed by atoms with Gasteiger partial charge >= 0.3 is 0 Å². The summed E-state index contributed by atoms with van der Waals surface area (Å²) in [6, 6.07) is 7.26. The van der Waals surface area contributed by atoms with Crippen molar-refractivity contribution in [2.75, 3.05) is 6.54 Å². The standard InChI is InChI=1S/C14H18ClN5O/c1-9(2)7-17-14(16)18-8-12-19-13(20-21-12)10-4-3-5-11(15)6-10/h3-6,9H,7-8H2,1-2H3,(H3,16,17,18). The van der Waals surface area contributed by atoms with E-state index in [1.165, 1.54) is 0 Å². The summed E-state index contributed by atoms with van der Waals surface area (Å²) in [7, 11) is 0. The molecule has 21 heavy (non-hydrogen) atoms. The van der Waals surface area contributed by atoms with Crippen LogP contribution in [0.2, 0.25) is 5.02 Å². The molecule has 1 aromatic carbocycles. The molecule has 0 bridgehead atoms. The van der Waals surface area contributed by atoms with E-state index in [4.69, 9.17) is 21.9 Å². The molecule has 1 heterocycles. The lowest BCUT2D eigenvalue weighted by molar-refractivity contribution is 0.381. The molecule has 3 N–H and O–H groups in total. The van der Waals surface area contributed by atoms with Crippen LogP contribution < -0.4 is 11.1 Å². The predicted octanol–water partition coefficient (Wildman–Crippen LogP) is 2.45. The summed E-state index contributed by atoms with van der Waals surface area (Å²) < 4.78 is 5.14. The summed E-state index contributed by atoms with van der Waals surface area (Å²) >= 11 is 5.93. The Morgan fingerprint density at radius 2 is 2.29 bits per heavy atom. The van der Waals surface area contributed by atoms with Gasteiger partial charge in [-0.25, -0.2) is 4.99 Å². The molecule has 0 saturated carbocycles. The molecule has 2 aromatic rings. The molecule has 0 atom stereocenters. The van der Waals surface area contributed by atoms with E-state index in [9.17, 15) is 0 Å². The molecule has 1 aromatic heterocycles. The van der Waals surface area contributed by atoms with Crippen molar-refractivity contribution < 1.29 is 4.52 Å². The van der Waals surface area contributed by atoms with Crippen molar-refractivity contribution in [1.82, 2.24) is 15.5 Å². The molecule has 0 aliphatic rings. The lowest BCUT2D eigenvalue weighted by Gasteiger charge is -2.06. The molecule has 0 spiro atoms. The number of nitrogens with one attached hydrogen (secondary N) is 1. The highest BCUT2D eigenvalue weighted by molar-refractivity contribution is 6.30. The first-order valence-corrected chi connectivity index (χ1v) is 7.04. The molecule has 0 saturated heterocycles. The number of nitrogens with zero attached hydrogens (tertiary/aromatic N) is 3. The fourth-order valence-electron chi connectivity index (χ4n) is 1.58. The van der Waals surface area contributed by atoms with Gasteiger partial charge in [-0.3, -0.25) is 0 Å². The number of nitrogens with two attached hydrogens (primary N) is 1. The van der Waals surface area contributed by atoms with E-state index in [-0.39, 0.29) is 6.54 Å². The second-order valence-corrected chi connectivity index (χ2v) is 5.43. The van der Waals surface area contributed by atoms with Crippen molar-refractivity contribution >= 4 is 17.6 Å². The van der Waals surface area contributed by atoms with Crippen molar-refractivity contribution in [3.05, 3.63) is 35.2 Å². The Kier molecular flexibility index (Phi) is 5.16. The van der Waals surface area contributed by atoms with Crippen LogP contribution in [-0.2, 0) is 6.54 Å². The van der Waals surface area contributed by atoms with Gasteiger partial charge < -0.3 is 15.6 Å². The topological polar surface area (TPSA) is 89.3 Å². The molecule has 112 valence electrons. The van der Waals surface area contributed by atoms with Gasteiger partial charge in [-0.05, 0) is 18.1 Å². The van der Waals surface area contributed by atoms with Crippen molar-refractivity contribution in [3.63, 3.8) is 0 Å². The van der Waals surface area contributed by atoms with Gasteiger partial charge in [-0.2, -0.15) is 4.98 Å². The molecule has 0 amide bonds. The smallest absolute Gasteiger partial charge is 0.248 e. The third-order valence-corrected chi connectivity index (χ3v) is 2.86. The fourth-order valence-corrected chi connectivity index (χ4v) is 1.77. The number of rotatable bonds is 5. The number of aromatic nitrogens is 2. The van der Waals surface area contributed by atoms with Crippen molar-refractivity contribution in [2.45, 2.75) is 20.4 Å². The fraction of sp³-hybridized carbons (Fsp3) is 0.357. The first-order valence-electron chi connectivity index (χ1n) is 6.67. The molecule has 2 rings (SSSR count). The van der Waals surface area contributed by atoms with Crippen molar-refractivity contribution in [3.8, 4) is 11.4 Å². The summed E-state index contributed by atoms with van der Waals surface area (Å²) in [6.45, 7) is 5.20. The zero-order valence-electron chi connectivity index (χ0n) is 12.0. The van der Waals surface area contributed by atoms with E-state index in [0.717, 1.165) is 12.1 Å². The second kappa shape index (κ2) is 7.08. The number of benzene rings is 1. The Morgan fingerprint density at radius 3 is 3.00 bits per heavy atom. The zero-order valence-corrected chi connectivity index (χ0v) is 12.8. The zero-order chi connectivity index (χ0) is 15.2. The summed E-state index contributed by atoms with van der Waals surface area (Å²) in [5.74, 6) is 1.75. The molecule has 0 unspecified atom stereocenters. The number of hydrogen-bond acceptors (Lipinski definition) is 4. The molecule has 0 fully saturated rings. The second-order valence-electron chi connectivity index (χ2n) is 5.00. The van der Waals surface area contributed by atoms with Crippen LogP contribution in [-0.4, -0.2) is 22.6 Å². The minimum absolute atomic E-state index is 0.241. The first kappa shape index (κ1) is 15.3.